The van der Waals surface area contributed by atoms with Crippen LogP contribution in [0.1, 0.15) is 12.0 Å². The number of anilines is 1. The molecule has 2 aromatic rings. The standard InChI is InChI=1S/C19H18N4O5S/c1-11-4-3-5-12(8-11)20-19-22-18(25)16(29-19)10-17(24)21-14-7-6-13(28-2)9-15(14)23(26)27/h3-9,16H,10H2,1-2H3,(H,21,24)(H,20,22,25). The van der Waals surface area contributed by atoms with Crippen molar-refractivity contribution in [3.8, 4) is 5.75 Å². The number of ether oxygens (including phenoxy) is 1. The Morgan fingerprint density at radius 2 is 2.14 bits per heavy atom. The van der Waals surface area contributed by atoms with Crippen molar-refractivity contribution >= 4 is 45.8 Å². The summed E-state index contributed by atoms with van der Waals surface area (Å²) in [6, 6.07) is 11.6. The zero-order chi connectivity index (χ0) is 21.0. The van der Waals surface area contributed by atoms with Crippen molar-refractivity contribution in [2.75, 3.05) is 12.4 Å². The van der Waals surface area contributed by atoms with E-state index in [2.05, 4.69) is 15.6 Å². The van der Waals surface area contributed by atoms with Crippen LogP contribution in [0.4, 0.5) is 17.1 Å². The predicted molar refractivity (Wildman–Crippen MR) is 111 cm³/mol. The highest BCUT2D eigenvalue weighted by molar-refractivity contribution is 8.15. The molecule has 0 bridgehead atoms. The third-order valence-electron chi connectivity index (χ3n) is 4.06. The minimum Gasteiger partial charge on any atom is -0.496 e. The second-order valence-corrected chi connectivity index (χ2v) is 7.44. The van der Waals surface area contributed by atoms with Gasteiger partial charge in [0.05, 0.1) is 23.8 Å². The third-order valence-corrected chi connectivity index (χ3v) is 5.14. The van der Waals surface area contributed by atoms with Gasteiger partial charge < -0.3 is 15.4 Å². The number of benzene rings is 2. The summed E-state index contributed by atoms with van der Waals surface area (Å²) >= 11 is 1.15. The van der Waals surface area contributed by atoms with Crippen LogP contribution in [0, 0.1) is 17.0 Å². The van der Waals surface area contributed by atoms with E-state index in [1.54, 1.807) is 0 Å². The van der Waals surface area contributed by atoms with E-state index in [4.69, 9.17) is 4.74 Å². The maximum absolute atomic E-state index is 12.4. The van der Waals surface area contributed by atoms with Crippen molar-refractivity contribution in [1.29, 1.82) is 0 Å². The molecule has 150 valence electrons. The van der Waals surface area contributed by atoms with Crippen LogP contribution in [-0.2, 0) is 9.59 Å². The van der Waals surface area contributed by atoms with E-state index in [1.807, 2.05) is 31.2 Å². The lowest BCUT2D eigenvalue weighted by molar-refractivity contribution is -0.384. The fourth-order valence-corrected chi connectivity index (χ4v) is 3.66. The Hall–Kier alpha value is -3.40. The summed E-state index contributed by atoms with van der Waals surface area (Å²) < 4.78 is 4.97. The quantitative estimate of drug-likeness (QED) is 0.553. The molecule has 10 heteroatoms. The number of carbonyl (C=O) groups is 2. The maximum Gasteiger partial charge on any atom is 0.296 e. The molecule has 3 rings (SSSR count). The molecule has 2 aromatic carbocycles. The zero-order valence-corrected chi connectivity index (χ0v) is 16.5. The average molecular weight is 414 g/mol. The van der Waals surface area contributed by atoms with Crippen LogP contribution in [0.2, 0.25) is 0 Å². The first kappa shape index (κ1) is 20.3. The fraction of sp³-hybridized carbons (Fsp3) is 0.211. The molecule has 0 aromatic heterocycles. The normalized spacial score (nSPS) is 17.1. The number of nitrogens with zero attached hydrogens (tertiary/aromatic N) is 2. The van der Waals surface area contributed by atoms with Gasteiger partial charge in [0.1, 0.15) is 16.7 Å². The maximum atomic E-state index is 12.4. The number of thioether (sulfide) groups is 1. The minimum absolute atomic E-state index is 0.0397. The van der Waals surface area contributed by atoms with Gasteiger partial charge in [-0.25, -0.2) is 4.99 Å². The Morgan fingerprint density at radius 1 is 1.34 bits per heavy atom. The monoisotopic (exact) mass is 414 g/mol. The van der Waals surface area contributed by atoms with Gasteiger partial charge in [-0.1, -0.05) is 23.9 Å². The van der Waals surface area contributed by atoms with Gasteiger partial charge in [-0.2, -0.15) is 0 Å². The van der Waals surface area contributed by atoms with Crippen LogP contribution in [0.5, 0.6) is 5.75 Å². The van der Waals surface area contributed by atoms with Crippen molar-refractivity contribution in [2.24, 2.45) is 4.99 Å². The van der Waals surface area contributed by atoms with E-state index in [-0.39, 0.29) is 23.7 Å². The summed E-state index contributed by atoms with van der Waals surface area (Å²) in [7, 11) is 1.39. The second-order valence-electron chi connectivity index (χ2n) is 6.24. The molecule has 1 saturated heterocycles. The molecule has 9 nitrogen and oxygen atoms in total. The van der Waals surface area contributed by atoms with Gasteiger partial charge in [0.2, 0.25) is 11.8 Å². The highest BCUT2D eigenvalue weighted by atomic mass is 32.2. The fourth-order valence-electron chi connectivity index (χ4n) is 2.67. The lowest BCUT2D eigenvalue weighted by Gasteiger charge is -2.09. The lowest BCUT2D eigenvalue weighted by atomic mass is 10.2. The first-order chi connectivity index (χ1) is 13.9. The van der Waals surface area contributed by atoms with E-state index in [0.717, 1.165) is 17.3 Å². The molecule has 1 heterocycles. The van der Waals surface area contributed by atoms with E-state index in [9.17, 15) is 19.7 Å². The topological polar surface area (TPSA) is 123 Å². The molecular formula is C19H18N4O5S. The number of hydrogen-bond acceptors (Lipinski definition) is 7. The van der Waals surface area contributed by atoms with E-state index < -0.39 is 16.1 Å². The SMILES string of the molecule is COc1ccc(NC(=O)CC2SC(=Nc3cccc(C)c3)NC2=O)c([N+](=O)[O-])c1. The molecule has 0 radical (unpaired) electrons. The minimum atomic E-state index is -0.670. The van der Waals surface area contributed by atoms with Gasteiger partial charge in [0.15, 0.2) is 5.17 Å². The van der Waals surface area contributed by atoms with Crippen molar-refractivity contribution < 1.29 is 19.2 Å². The molecule has 0 saturated carbocycles. The Labute approximate surface area is 170 Å². The number of methoxy groups -OCH3 is 1. The van der Waals surface area contributed by atoms with Gasteiger partial charge in [-0.05, 0) is 36.8 Å². The number of carbonyl (C=O) groups excluding carboxylic acids is 2. The van der Waals surface area contributed by atoms with Crippen LogP contribution >= 0.6 is 11.8 Å². The van der Waals surface area contributed by atoms with Gasteiger partial charge in [-0.15, -0.1) is 0 Å². The number of nitro groups is 1. The third kappa shape index (κ3) is 5.11. The van der Waals surface area contributed by atoms with Crippen LogP contribution in [0.15, 0.2) is 47.5 Å². The van der Waals surface area contributed by atoms with Crippen LogP contribution in [-0.4, -0.2) is 34.3 Å². The Balaban J connectivity index is 1.67. The number of hydrogen-bond donors (Lipinski definition) is 2. The number of aliphatic imine (C=N–C) groups is 1. The van der Waals surface area contributed by atoms with Crippen molar-refractivity contribution in [3.63, 3.8) is 0 Å². The van der Waals surface area contributed by atoms with Crippen molar-refractivity contribution in [2.45, 2.75) is 18.6 Å². The van der Waals surface area contributed by atoms with Crippen molar-refractivity contribution in [3.05, 3.63) is 58.1 Å². The molecule has 0 aliphatic carbocycles. The van der Waals surface area contributed by atoms with Crippen LogP contribution < -0.4 is 15.4 Å². The van der Waals surface area contributed by atoms with E-state index >= 15 is 0 Å². The molecule has 1 aliphatic rings. The summed E-state index contributed by atoms with van der Waals surface area (Å²) in [4.78, 5) is 39.5. The molecule has 2 N–H and O–H groups in total. The largest absolute Gasteiger partial charge is 0.496 e. The highest BCUT2D eigenvalue weighted by Crippen LogP contribution is 2.30. The first-order valence-electron chi connectivity index (χ1n) is 8.61. The van der Waals surface area contributed by atoms with Crippen LogP contribution in [0.3, 0.4) is 0 Å². The molecule has 1 unspecified atom stereocenters. The molecule has 1 fully saturated rings. The number of rotatable bonds is 6. The average Bonchev–Trinajstić information content (AvgIpc) is 3.00. The second kappa shape index (κ2) is 8.74. The molecule has 1 atom stereocenters. The smallest absolute Gasteiger partial charge is 0.296 e. The molecule has 2 amide bonds. The summed E-state index contributed by atoms with van der Waals surface area (Å²) in [6.45, 7) is 1.94. The van der Waals surface area contributed by atoms with Gasteiger partial charge >= 0.3 is 0 Å². The lowest BCUT2D eigenvalue weighted by Crippen LogP contribution is -2.28. The molecule has 0 spiro atoms. The zero-order valence-electron chi connectivity index (χ0n) is 15.7. The Morgan fingerprint density at radius 3 is 2.83 bits per heavy atom. The predicted octanol–water partition coefficient (Wildman–Crippen LogP) is 3.16. The highest BCUT2D eigenvalue weighted by Gasteiger charge is 2.32. The van der Waals surface area contributed by atoms with E-state index in [0.29, 0.717) is 16.6 Å². The molecular weight excluding hydrogens is 396 g/mol. The Kier molecular flexibility index (Phi) is 6.13. The summed E-state index contributed by atoms with van der Waals surface area (Å²) in [5.41, 5.74) is 1.49. The Bertz CT molecular complexity index is 1010. The van der Waals surface area contributed by atoms with Gasteiger partial charge in [0, 0.05) is 6.42 Å². The number of amides is 2. The molecule has 29 heavy (non-hydrogen) atoms. The van der Waals surface area contributed by atoms with Crippen molar-refractivity contribution in [1.82, 2.24) is 5.32 Å². The number of nitrogens with one attached hydrogen (secondary N) is 2. The van der Waals surface area contributed by atoms with E-state index in [1.165, 1.54) is 25.3 Å². The summed E-state index contributed by atoms with van der Waals surface area (Å²) in [5, 5.41) is 16.1. The molecule has 1 aliphatic heterocycles. The van der Waals surface area contributed by atoms with Gasteiger partial charge in [-0.3, -0.25) is 19.7 Å². The summed E-state index contributed by atoms with van der Waals surface area (Å²) in [6.07, 6.45) is -0.146. The number of amidine groups is 1. The number of nitro benzene ring substituents is 1. The van der Waals surface area contributed by atoms with Gasteiger partial charge in [0.25, 0.3) is 5.69 Å². The first-order valence-corrected chi connectivity index (χ1v) is 9.49. The number of aryl methyl sites for hydroxylation is 1. The van der Waals surface area contributed by atoms with Crippen LogP contribution in [0.25, 0.3) is 0 Å². The summed E-state index contributed by atoms with van der Waals surface area (Å²) in [5.74, 6) is -0.541.